The Morgan fingerprint density at radius 2 is 1.68 bits per heavy atom. The quantitative estimate of drug-likeness (QED) is 0.131. The van der Waals surface area contributed by atoms with Gasteiger partial charge in [0.25, 0.3) is 11.6 Å². The van der Waals surface area contributed by atoms with E-state index in [1.165, 1.54) is 48.7 Å². The number of benzene rings is 3. The first-order chi connectivity index (χ1) is 18.0. The van der Waals surface area contributed by atoms with Crippen LogP contribution in [-0.4, -0.2) is 37.5 Å². The molecule has 3 rings (SSSR count). The van der Waals surface area contributed by atoms with Crippen molar-refractivity contribution in [2.75, 3.05) is 0 Å². The molecule has 0 spiro atoms. The maximum atomic E-state index is 12.7. The molecule has 0 fully saturated rings. The number of hydrogen-bond acceptors (Lipinski definition) is 8. The van der Waals surface area contributed by atoms with Gasteiger partial charge in [0.15, 0.2) is 0 Å². The third kappa shape index (κ3) is 7.54. The van der Waals surface area contributed by atoms with Crippen molar-refractivity contribution in [2.45, 2.75) is 31.7 Å². The van der Waals surface area contributed by atoms with Gasteiger partial charge in [-0.25, -0.2) is 18.6 Å². The van der Waals surface area contributed by atoms with Gasteiger partial charge < -0.3 is 4.74 Å². The monoisotopic (exact) mass is 538 g/mol. The van der Waals surface area contributed by atoms with Crippen LogP contribution in [0.1, 0.15) is 35.3 Å². The van der Waals surface area contributed by atoms with Gasteiger partial charge in [0.05, 0.1) is 21.6 Å². The summed E-state index contributed by atoms with van der Waals surface area (Å²) in [6.07, 6.45) is 1.34. The van der Waals surface area contributed by atoms with Gasteiger partial charge in [0.1, 0.15) is 11.8 Å². The Morgan fingerprint density at radius 1 is 1.03 bits per heavy atom. The molecule has 0 aliphatic heterocycles. The first-order valence-electron chi connectivity index (χ1n) is 11.4. The summed E-state index contributed by atoms with van der Waals surface area (Å²) in [5, 5.41) is 14.8. The second kappa shape index (κ2) is 12.2. The van der Waals surface area contributed by atoms with E-state index in [1.807, 2.05) is 6.92 Å². The van der Waals surface area contributed by atoms with Crippen LogP contribution in [0.3, 0.4) is 0 Å². The number of ether oxygens (including phenoxy) is 1. The van der Waals surface area contributed by atoms with Crippen LogP contribution in [0.25, 0.3) is 0 Å². The van der Waals surface area contributed by atoms with Gasteiger partial charge in [-0.2, -0.15) is 9.82 Å². The summed E-state index contributed by atoms with van der Waals surface area (Å²) in [7, 11) is -3.92. The minimum Gasteiger partial charge on any atom is -0.423 e. The van der Waals surface area contributed by atoms with Gasteiger partial charge in [0.2, 0.25) is 10.0 Å². The van der Waals surface area contributed by atoms with Crippen LogP contribution in [0, 0.1) is 23.0 Å². The van der Waals surface area contributed by atoms with Gasteiger partial charge in [-0.05, 0) is 60.9 Å². The zero-order valence-corrected chi connectivity index (χ0v) is 21.6. The number of nitro benzene ring substituents is 1. The molecule has 0 aliphatic rings. The van der Waals surface area contributed by atoms with Crippen molar-refractivity contribution in [3.63, 3.8) is 0 Å². The van der Waals surface area contributed by atoms with Gasteiger partial charge in [0, 0.05) is 12.1 Å². The molecule has 0 radical (unpaired) electrons. The Balaban J connectivity index is 1.60. The summed E-state index contributed by atoms with van der Waals surface area (Å²) in [4.78, 5) is 35.3. The first kappa shape index (κ1) is 28.2. The maximum absolute atomic E-state index is 12.7. The molecule has 38 heavy (non-hydrogen) atoms. The summed E-state index contributed by atoms with van der Waals surface area (Å²) in [6.45, 7) is 5.26. The van der Waals surface area contributed by atoms with E-state index in [0.717, 1.165) is 11.6 Å². The predicted octanol–water partition coefficient (Wildman–Crippen LogP) is 3.58. The topological polar surface area (TPSA) is 157 Å². The minimum atomic E-state index is -3.92. The lowest BCUT2D eigenvalue weighted by Crippen LogP contribution is -2.48. The SMILES string of the molecule is Cc1ccc(S(=O)(=O)N[C@H](C(=O)N/N=C\c2ccc(OC(=O)c3cccc([N+](=O)[O-])c3)cc2)C(C)C)cc1. The first-order valence-corrected chi connectivity index (χ1v) is 12.9. The molecule has 198 valence electrons. The van der Waals surface area contributed by atoms with Gasteiger partial charge in [-0.1, -0.05) is 37.6 Å². The van der Waals surface area contributed by atoms with Crippen molar-refractivity contribution in [1.29, 1.82) is 0 Å². The van der Waals surface area contributed by atoms with Crippen molar-refractivity contribution in [1.82, 2.24) is 10.1 Å². The van der Waals surface area contributed by atoms with Crippen molar-refractivity contribution in [3.05, 3.63) is 99.6 Å². The number of carbonyl (C=O) groups is 2. The van der Waals surface area contributed by atoms with Crippen LogP contribution >= 0.6 is 0 Å². The number of carbonyl (C=O) groups excluding carboxylic acids is 2. The normalized spacial score (nSPS) is 12.3. The summed E-state index contributed by atoms with van der Waals surface area (Å²) >= 11 is 0. The van der Waals surface area contributed by atoms with E-state index in [2.05, 4.69) is 15.2 Å². The highest BCUT2D eigenvalue weighted by Gasteiger charge is 2.28. The lowest BCUT2D eigenvalue weighted by atomic mass is 10.1. The van der Waals surface area contributed by atoms with Crippen LogP contribution < -0.4 is 14.9 Å². The number of hydrazone groups is 1. The third-order valence-electron chi connectivity index (χ3n) is 5.33. The van der Waals surface area contributed by atoms with E-state index in [9.17, 15) is 28.1 Å². The van der Waals surface area contributed by atoms with E-state index < -0.39 is 32.9 Å². The molecule has 0 aliphatic carbocycles. The van der Waals surface area contributed by atoms with Crippen LogP contribution in [0.15, 0.2) is 82.8 Å². The summed E-state index contributed by atoms with van der Waals surface area (Å²) in [6, 6.07) is 16.5. The van der Waals surface area contributed by atoms with E-state index in [4.69, 9.17) is 4.74 Å². The molecule has 1 amide bonds. The summed E-state index contributed by atoms with van der Waals surface area (Å²) in [5.74, 6) is -1.54. The number of sulfonamides is 1. The molecule has 0 unspecified atom stereocenters. The molecular formula is C26H26N4O7S. The van der Waals surface area contributed by atoms with E-state index >= 15 is 0 Å². The molecule has 1 atom stereocenters. The number of nitrogens with zero attached hydrogens (tertiary/aromatic N) is 2. The minimum absolute atomic E-state index is 0.0326. The number of non-ortho nitro benzene ring substituents is 1. The lowest BCUT2D eigenvalue weighted by Gasteiger charge is -2.20. The van der Waals surface area contributed by atoms with Crippen molar-refractivity contribution in [3.8, 4) is 5.75 Å². The largest absolute Gasteiger partial charge is 0.423 e. The number of nitrogens with one attached hydrogen (secondary N) is 2. The Hall–Kier alpha value is -4.42. The molecule has 11 nitrogen and oxygen atoms in total. The Bertz CT molecular complexity index is 1450. The number of aryl methyl sites for hydroxylation is 1. The van der Waals surface area contributed by atoms with Crippen molar-refractivity contribution >= 4 is 33.8 Å². The number of esters is 1. The number of rotatable bonds is 10. The average molecular weight is 539 g/mol. The third-order valence-corrected chi connectivity index (χ3v) is 6.79. The zero-order valence-electron chi connectivity index (χ0n) is 20.8. The summed E-state index contributed by atoms with van der Waals surface area (Å²) < 4.78 is 33.1. The highest BCUT2D eigenvalue weighted by molar-refractivity contribution is 7.89. The molecule has 0 saturated carbocycles. The van der Waals surface area contributed by atoms with Gasteiger partial charge >= 0.3 is 5.97 Å². The van der Waals surface area contributed by atoms with Crippen LogP contribution in [0.4, 0.5) is 5.69 Å². The van der Waals surface area contributed by atoms with Crippen LogP contribution in [-0.2, 0) is 14.8 Å². The maximum Gasteiger partial charge on any atom is 0.343 e. The van der Waals surface area contributed by atoms with Crippen molar-refractivity contribution < 1.29 is 27.7 Å². The van der Waals surface area contributed by atoms with Gasteiger partial charge in [-0.3, -0.25) is 14.9 Å². The second-order valence-electron chi connectivity index (χ2n) is 8.66. The fourth-order valence-electron chi connectivity index (χ4n) is 3.22. The fourth-order valence-corrected chi connectivity index (χ4v) is 4.56. The molecule has 3 aromatic carbocycles. The standard InChI is InChI=1S/C26H26N4O7S/c1-17(2)24(29-38(35,36)23-13-7-18(3)8-14-23)25(31)28-27-16-19-9-11-22(12-10-19)37-26(32)20-5-4-6-21(15-20)30(33)34/h4-17,24,29H,1-3H3,(H,28,31)/b27-16-/t24-/m0/s1. The lowest BCUT2D eigenvalue weighted by molar-refractivity contribution is -0.384. The number of nitro groups is 1. The molecule has 0 aromatic heterocycles. The Morgan fingerprint density at radius 3 is 2.29 bits per heavy atom. The van der Waals surface area contributed by atoms with Crippen LogP contribution in [0.2, 0.25) is 0 Å². The molecule has 3 aromatic rings. The Labute approximate surface area is 219 Å². The Kier molecular flexibility index (Phi) is 9.05. The highest BCUT2D eigenvalue weighted by Crippen LogP contribution is 2.17. The molecule has 0 saturated heterocycles. The number of hydrogen-bond donors (Lipinski definition) is 2. The van der Waals surface area contributed by atoms with Gasteiger partial charge in [-0.15, -0.1) is 0 Å². The zero-order chi connectivity index (χ0) is 27.9. The van der Waals surface area contributed by atoms with Crippen molar-refractivity contribution in [2.24, 2.45) is 11.0 Å². The van der Waals surface area contributed by atoms with Crippen LogP contribution in [0.5, 0.6) is 5.75 Å². The molecule has 2 N–H and O–H groups in total. The second-order valence-corrected chi connectivity index (χ2v) is 10.4. The highest BCUT2D eigenvalue weighted by atomic mass is 32.2. The van der Waals surface area contributed by atoms with E-state index in [1.54, 1.807) is 38.1 Å². The molecule has 0 heterocycles. The smallest absolute Gasteiger partial charge is 0.343 e. The molecular weight excluding hydrogens is 512 g/mol. The molecule has 12 heteroatoms. The predicted molar refractivity (Wildman–Crippen MR) is 140 cm³/mol. The van der Waals surface area contributed by atoms with E-state index in [-0.39, 0.29) is 27.8 Å². The number of amides is 1. The average Bonchev–Trinajstić information content (AvgIpc) is 2.88. The summed E-state index contributed by atoms with van der Waals surface area (Å²) in [5.41, 5.74) is 3.61. The molecule has 0 bridgehead atoms. The fraction of sp³-hybridized carbons (Fsp3) is 0.192. The van der Waals surface area contributed by atoms with E-state index in [0.29, 0.717) is 5.56 Å².